The monoisotopic (exact) mass is 483 g/mol. The topological polar surface area (TPSA) is 63.9 Å². The first kappa shape index (κ1) is 22.5. The van der Waals surface area contributed by atoms with E-state index in [-0.39, 0.29) is 17.7 Å². The number of carbonyl (C=O) groups excluding carboxylic acids is 1. The number of halogens is 1. The van der Waals surface area contributed by atoms with Gasteiger partial charge in [-0.25, -0.2) is 4.98 Å². The SMILES string of the molecule is C=CCn1c(SCC(=O)N(C)C(C)c2nc3ccccc3s2)nnc1-c1ccc(Cl)cc1. The van der Waals surface area contributed by atoms with Crippen LogP contribution in [0.15, 0.2) is 66.3 Å². The minimum atomic E-state index is -0.115. The Morgan fingerprint density at radius 3 is 2.72 bits per heavy atom. The second kappa shape index (κ2) is 9.85. The lowest BCUT2D eigenvalue weighted by Crippen LogP contribution is -2.31. The Labute approximate surface area is 199 Å². The van der Waals surface area contributed by atoms with Gasteiger partial charge in [-0.05, 0) is 43.3 Å². The van der Waals surface area contributed by atoms with Crippen molar-refractivity contribution in [3.63, 3.8) is 0 Å². The molecule has 4 aromatic rings. The Bertz CT molecular complexity index is 1220. The predicted octanol–water partition coefficient (Wildman–Crippen LogP) is 5.71. The lowest BCUT2D eigenvalue weighted by Gasteiger charge is -2.23. The van der Waals surface area contributed by atoms with Gasteiger partial charge in [0.05, 0.1) is 22.0 Å². The summed E-state index contributed by atoms with van der Waals surface area (Å²) in [5.74, 6) is 0.970. The van der Waals surface area contributed by atoms with E-state index in [1.807, 2.05) is 67.1 Å². The Kier molecular flexibility index (Phi) is 6.93. The molecular formula is C23H22ClN5OS2. The molecule has 6 nitrogen and oxygen atoms in total. The molecule has 2 aromatic heterocycles. The molecule has 0 aliphatic carbocycles. The number of nitrogens with zero attached hydrogens (tertiary/aromatic N) is 5. The van der Waals surface area contributed by atoms with Gasteiger partial charge in [0.25, 0.3) is 0 Å². The molecule has 164 valence electrons. The van der Waals surface area contributed by atoms with Gasteiger partial charge in [0.1, 0.15) is 5.01 Å². The number of hydrogen-bond donors (Lipinski definition) is 0. The van der Waals surface area contributed by atoms with Crippen molar-refractivity contribution in [3.8, 4) is 11.4 Å². The molecule has 0 aliphatic rings. The summed E-state index contributed by atoms with van der Waals surface area (Å²) in [7, 11) is 1.81. The highest BCUT2D eigenvalue weighted by Crippen LogP contribution is 2.30. The van der Waals surface area contributed by atoms with E-state index >= 15 is 0 Å². The number of allylic oxidation sites excluding steroid dienone is 1. The van der Waals surface area contributed by atoms with E-state index in [4.69, 9.17) is 11.6 Å². The Hall–Kier alpha value is -2.68. The first-order valence-electron chi connectivity index (χ1n) is 10.0. The standard InChI is InChI=1S/C23H22ClN5OS2/c1-4-13-29-21(16-9-11-17(24)12-10-16)26-27-23(29)31-14-20(30)28(3)15(2)22-25-18-7-5-6-8-19(18)32-22/h4-12,15H,1,13-14H2,2-3H3. The number of thiazole rings is 1. The highest BCUT2D eigenvalue weighted by molar-refractivity contribution is 7.99. The van der Waals surface area contributed by atoms with Crippen molar-refractivity contribution in [3.05, 3.63) is 71.2 Å². The van der Waals surface area contributed by atoms with Crippen molar-refractivity contribution in [1.29, 1.82) is 0 Å². The molecule has 0 aliphatic heterocycles. The van der Waals surface area contributed by atoms with Crippen LogP contribution in [0.4, 0.5) is 0 Å². The molecule has 0 radical (unpaired) electrons. The summed E-state index contributed by atoms with van der Waals surface area (Å²) >= 11 is 8.99. The summed E-state index contributed by atoms with van der Waals surface area (Å²) in [4.78, 5) is 19.3. The van der Waals surface area contributed by atoms with Crippen molar-refractivity contribution >= 4 is 50.8 Å². The predicted molar refractivity (Wildman–Crippen MR) is 132 cm³/mol. The van der Waals surface area contributed by atoms with Gasteiger partial charge >= 0.3 is 0 Å². The molecule has 1 atom stereocenters. The third-order valence-electron chi connectivity index (χ3n) is 5.10. The second-order valence-electron chi connectivity index (χ2n) is 7.20. The molecule has 0 saturated heterocycles. The lowest BCUT2D eigenvalue weighted by atomic mass is 10.2. The summed E-state index contributed by atoms with van der Waals surface area (Å²) in [6.07, 6.45) is 1.79. The van der Waals surface area contributed by atoms with Crippen LogP contribution in [0.25, 0.3) is 21.6 Å². The average molecular weight is 484 g/mol. The minimum Gasteiger partial charge on any atom is -0.336 e. The van der Waals surface area contributed by atoms with Crippen LogP contribution in [0, 0.1) is 0 Å². The Morgan fingerprint density at radius 1 is 1.25 bits per heavy atom. The van der Waals surface area contributed by atoms with Crippen molar-refractivity contribution < 1.29 is 4.79 Å². The molecule has 0 spiro atoms. The lowest BCUT2D eigenvalue weighted by molar-refractivity contribution is -0.128. The van der Waals surface area contributed by atoms with E-state index in [9.17, 15) is 4.79 Å². The molecule has 2 aromatic carbocycles. The smallest absolute Gasteiger partial charge is 0.233 e. The molecule has 9 heteroatoms. The highest BCUT2D eigenvalue weighted by atomic mass is 35.5. The van der Waals surface area contributed by atoms with Crippen LogP contribution < -0.4 is 0 Å². The molecule has 4 rings (SSSR count). The zero-order valence-corrected chi connectivity index (χ0v) is 20.1. The first-order chi connectivity index (χ1) is 15.5. The Morgan fingerprint density at radius 2 is 2.00 bits per heavy atom. The Balaban J connectivity index is 1.47. The van der Waals surface area contributed by atoms with E-state index in [1.54, 1.807) is 22.3 Å². The van der Waals surface area contributed by atoms with E-state index in [2.05, 4.69) is 21.8 Å². The summed E-state index contributed by atoms with van der Waals surface area (Å²) < 4.78 is 3.07. The number of amides is 1. The molecule has 2 heterocycles. The van der Waals surface area contributed by atoms with E-state index in [0.29, 0.717) is 22.5 Å². The van der Waals surface area contributed by atoms with Crippen LogP contribution in [0.2, 0.25) is 5.02 Å². The number of thioether (sulfide) groups is 1. The largest absolute Gasteiger partial charge is 0.336 e. The molecule has 0 bridgehead atoms. The third kappa shape index (κ3) is 4.72. The van der Waals surface area contributed by atoms with Gasteiger partial charge in [-0.2, -0.15) is 0 Å². The fourth-order valence-electron chi connectivity index (χ4n) is 3.18. The minimum absolute atomic E-state index is 0.00273. The van der Waals surface area contributed by atoms with Gasteiger partial charge in [0.15, 0.2) is 11.0 Å². The normalized spacial score (nSPS) is 12.1. The molecule has 0 saturated carbocycles. The van der Waals surface area contributed by atoms with Crippen molar-refractivity contribution in [1.82, 2.24) is 24.6 Å². The number of rotatable bonds is 8. The maximum atomic E-state index is 12.9. The fourth-order valence-corrected chi connectivity index (χ4v) is 5.24. The highest BCUT2D eigenvalue weighted by Gasteiger charge is 2.22. The fraction of sp³-hybridized carbons (Fsp3) is 0.217. The van der Waals surface area contributed by atoms with Gasteiger partial charge < -0.3 is 4.90 Å². The number of para-hydroxylation sites is 1. The summed E-state index contributed by atoms with van der Waals surface area (Å²) in [6, 6.07) is 15.3. The second-order valence-corrected chi connectivity index (χ2v) is 9.64. The summed E-state index contributed by atoms with van der Waals surface area (Å²) in [5, 5.41) is 10.9. The number of aromatic nitrogens is 4. The average Bonchev–Trinajstić information content (AvgIpc) is 3.41. The number of hydrogen-bond acceptors (Lipinski definition) is 6. The van der Waals surface area contributed by atoms with Crippen LogP contribution in [0.5, 0.6) is 0 Å². The third-order valence-corrected chi connectivity index (χ3v) is 7.51. The molecule has 1 unspecified atom stereocenters. The van der Waals surface area contributed by atoms with E-state index in [0.717, 1.165) is 20.8 Å². The van der Waals surface area contributed by atoms with Gasteiger partial charge in [-0.15, -0.1) is 28.1 Å². The maximum absolute atomic E-state index is 12.9. The maximum Gasteiger partial charge on any atom is 0.233 e. The van der Waals surface area contributed by atoms with Crippen molar-refractivity contribution in [2.45, 2.75) is 24.7 Å². The zero-order valence-electron chi connectivity index (χ0n) is 17.7. The van der Waals surface area contributed by atoms with E-state index < -0.39 is 0 Å². The van der Waals surface area contributed by atoms with Crippen molar-refractivity contribution in [2.24, 2.45) is 0 Å². The number of benzene rings is 2. The first-order valence-corrected chi connectivity index (χ1v) is 12.2. The summed E-state index contributed by atoms with van der Waals surface area (Å²) in [6.45, 7) is 6.38. The van der Waals surface area contributed by atoms with Gasteiger partial charge in [-0.3, -0.25) is 9.36 Å². The van der Waals surface area contributed by atoms with Gasteiger partial charge in [0.2, 0.25) is 5.91 Å². The van der Waals surface area contributed by atoms with Gasteiger partial charge in [-0.1, -0.05) is 41.6 Å². The van der Waals surface area contributed by atoms with Crippen LogP contribution in [0.3, 0.4) is 0 Å². The van der Waals surface area contributed by atoms with Crippen LogP contribution in [0.1, 0.15) is 18.0 Å². The van der Waals surface area contributed by atoms with Crippen LogP contribution >= 0.6 is 34.7 Å². The molecule has 0 N–H and O–H groups in total. The molecule has 0 fully saturated rings. The molecule has 32 heavy (non-hydrogen) atoms. The van der Waals surface area contributed by atoms with E-state index in [1.165, 1.54) is 11.8 Å². The number of carbonyl (C=O) groups is 1. The zero-order chi connectivity index (χ0) is 22.7. The quantitative estimate of drug-likeness (QED) is 0.237. The van der Waals surface area contributed by atoms with Gasteiger partial charge in [0, 0.05) is 24.2 Å². The van der Waals surface area contributed by atoms with Crippen molar-refractivity contribution in [2.75, 3.05) is 12.8 Å². The number of fused-ring (bicyclic) bond motifs is 1. The van der Waals surface area contributed by atoms with Crippen LogP contribution in [-0.4, -0.2) is 43.4 Å². The van der Waals surface area contributed by atoms with Crippen LogP contribution in [-0.2, 0) is 11.3 Å². The summed E-state index contributed by atoms with van der Waals surface area (Å²) in [5.41, 5.74) is 1.87. The molecular weight excluding hydrogens is 462 g/mol. The molecule has 1 amide bonds.